The minimum atomic E-state index is -0.290. The van der Waals surface area contributed by atoms with Crippen LogP contribution in [-0.4, -0.2) is 44.0 Å². The lowest BCUT2D eigenvalue weighted by atomic mass is 9.94. The number of hydrogen-bond donors (Lipinski definition) is 2. The molecule has 2 aromatic heterocycles. The Morgan fingerprint density at radius 1 is 1.11 bits per heavy atom. The number of aryl methyl sites for hydroxylation is 1. The van der Waals surface area contributed by atoms with Crippen molar-refractivity contribution >= 4 is 17.6 Å². The van der Waals surface area contributed by atoms with Crippen molar-refractivity contribution in [3.05, 3.63) is 84.2 Å². The van der Waals surface area contributed by atoms with Gasteiger partial charge in [0.05, 0.1) is 17.6 Å². The van der Waals surface area contributed by atoms with Gasteiger partial charge in [0.15, 0.2) is 0 Å². The number of para-hydroxylation sites is 1. The summed E-state index contributed by atoms with van der Waals surface area (Å²) in [7, 11) is 1.87. The highest BCUT2D eigenvalue weighted by Crippen LogP contribution is 2.34. The molecule has 2 heterocycles. The summed E-state index contributed by atoms with van der Waals surface area (Å²) < 4.78 is 3.50. The van der Waals surface area contributed by atoms with Gasteiger partial charge in [-0.25, -0.2) is 9.48 Å². The smallest absolute Gasteiger partial charge is 0.320 e. The number of aromatic nitrogens is 4. The van der Waals surface area contributed by atoms with Crippen molar-refractivity contribution in [1.29, 1.82) is 0 Å². The second kappa shape index (κ2) is 10.7. The van der Waals surface area contributed by atoms with Crippen molar-refractivity contribution in [2.24, 2.45) is 12.2 Å². The maximum Gasteiger partial charge on any atom is 0.320 e. The third kappa shape index (κ3) is 5.25. The molecule has 2 N–H and O–H groups in total. The molecular weight excluding hydrogens is 466 g/mol. The summed E-state index contributed by atoms with van der Waals surface area (Å²) in [5, 5.41) is 19.7. The molecule has 0 spiro atoms. The Morgan fingerprint density at radius 3 is 2.51 bits per heavy atom. The van der Waals surface area contributed by atoms with Crippen LogP contribution in [0.3, 0.4) is 0 Å². The Balaban J connectivity index is 1.43. The normalized spacial score (nSPS) is 18.2. The number of rotatable bonds is 7. The molecular formula is C28H31N7O2. The molecule has 2 aromatic carbocycles. The summed E-state index contributed by atoms with van der Waals surface area (Å²) in [6.45, 7) is 4.38. The molecule has 9 nitrogen and oxygen atoms in total. The summed E-state index contributed by atoms with van der Waals surface area (Å²) in [4.78, 5) is 18.7. The van der Waals surface area contributed by atoms with E-state index in [1.165, 1.54) is 5.56 Å². The quantitative estimate of drug-likeness (QED) is 0.350. The predicted molar refractivity (Wildman–Crippen MR) is 144 cm³/mol. The molecule has 0 unspecified atom stereocenters. The van der Waals surface area contributed by atoms with Gasteiger partial charge in [-0.3, -0.25) is 10.00 Å². The van der Waals surface area contributed by atoms with Gasteiger partial charge in [-0.05, 0) is 38.0 Å². The van der Waals surface area contributed by atoms with Gasteiger partial charge < -0.3 is 10.2 Å². The van der Waals surface area contributed by atoms with Gasteiger partial charge >= 0.3 is 6.03 Å². The Hall–Kier alpha value is -4.40. The first-order valence-corrected chi connectivity index (χ1v) is 12.5. The highest BCUT2D eigenvalue weighted by molar-refractivity contribution is 5.93. The summed E-state index contributed by atoms with van der Waals surface area (Å²) in [6, 6.07) is 19.6. The topological polar surface area (TPSA) is 98.4 Å². The fourth-order valence-corrected chi connectivity index (χ4v) is 4.84. The Labute approximate surface area is 216 Å². The van der Waals surface area contributed by atoms with Crippen LogP contribution in [0.4, 0.5) is 10.6 Å². The van der Waals surface area contributed by atoms with Gasteiger partial charge in [-0.1, -0.05) is 53.7 Å². The minimum Gasteiger partial charge on any atom is -0.396 e. The van der Waals surface area contributed by atoms with Gasteiger partial charge in [0.25, 0.3) is 0 Å². The van der Waals surface area contributed by atoms with Crippen LogP contribution in [0.15, 0.2) is 78.2 Å². The van der Waals surface area contributed by atoms with E-state index in [2.05, 4.69) is 33.0 Å². The minimum absolute atomic E-state index is 0.109. The molecule has 1 saturated carbocycles. The van der Waals surface area contributed by atoms with Gasteiger partial charge in [0.1, 0.15) is 18.1 Å². The monoisotopic (exact) mass is 497 g/mol. The molecule has 1 fully saturated rings. The summed E-state index contributed by atoms with van der Waals surface area (Å²) in [6.07, 6.45) is 5.05. The fraction of sp³-hybridized carbons (Fsp3) is 0.286. The zero-order valence-electron chi connectivity index (χ0n) is 21.3. The number of carbonyl (C=O) groups is 1. The van der Waals surface area contributed by atoms with E-state index in [1.807, 2.05) is 75.6 Å². The average Bonchev–Trinajstić information content (AvgIpc) is 3.61. The number of oxime groups is 1. The van der Waals surface area contributed by atoms with Gasteiger partial charge in [0, 0.05) is 42.8 Å². The second-order valence-corrected chi connectivity index (χ2v) is 9.18. The SMILES string of the molecule is CCO/N=C1/C[C@@H](NC(=O)Nc2c(C)c(-c3cnn(C)c3)nn2-c2ccccc2)[C@H](c2ccccc2)C1. The molecule has 1 aliphatic carbocycles. The maximum absolute atomic E-state index is 13.4. The summed E-state index contributed by atoms with van der Waals surface area (Å²) in [5.74, 6) is 0.720. The van der Waals surface area contributed by atoms with Crippen molar-refractivity contribution < 1.29 is 9.63 Å². The van der Waals surface area contributed by atoms with Gasteiger partial charge in [-0.15, -0.1) is 0 Å². The number of nitrogens with one attached hydrogen (secondary N) is 2. The first kappa shape index (κ1) is 24.3. The molecule has 4 aromatic rings. The molecule has 0 saturated heterocycles. The van der Waals surface area contributed by atoms with Crippen molar-refractivity contribution in [2.75, 3.05) is 11.9 Å². The number of carbonyl (C=O) groups excluding carboxylic acids is 1. The van der Waals surface area contributed by atoms with E-state index in [0.717, 1.165) is 34.6 Å². The molecule has 2 atom stereocenters. The molecule has 9 heteroatoms. The van der Waals surface area contributed by atoms with E-state index >= 15 is 0 Å². The molecule has 5 rings (SSSR count). The van der Waals surface area contributed by atoms with Crippen molar-refractivity contribution in [3.8, 4) is 16.9 Å². The number of nitrogens with zero attached hydrogens (tertiary/aromatic N) is 5. The highest BCUT2D eigenvalue weighted by Gasteiger charge is 2.34. The lowest BCUT2D eigenvalue weighted by Crippen LogP contribution is -2.40. The lowest BCUT2D eigenvalue weighted by Gasteiger charge is -2.21. The molecule has 0 radical (unpaired) electrons. The second-order valence-electron chi connectivity index (χ2n) is 9.18. The molecule has 37 heavy (non-hydrogen) atoms. The molecule has 1 aliphatic rings. The van der Waals surface area contributed by atoms with Crippen molar-refractivity contribution in [1.82, 2.24) is 24.9 Å². The third-order valence-corrected chi connectivity index (χ3v) is 6.60. The molecule has 190 valence electrons. The zero-order chi connectivity index (χ0) is 25.8. The van der Waals surface area contributed by atoms with E-state index in [-0.39, 0.29) is 18.0 Å². The van der Waals surface area contributed by atoms with Crippen LogP contribution >= 0.6 is 0 Å². The van der Waals surface area contributed by atoms with E-state index < -0.39 is 0 Å². The summed E-state index contributed by atoms with van der Waals surface area (Å²) >= 11 is 0. The van der Waals surface area contributed by atoms with E-state index in [4.69, 9.17) is 9.94 Å². The van der Waals surface area contributed by atoms with Crippen LogP contribution < -0.4 is 10.6 Å². The standard InChI is InChI=1S/C28H31N7O2/c1-4-37-33-22-15-24(20-11-7-5-8-12-20)25(16-22)30-28(36)31-27-19(2)26(21-17-29-34(3)18-21)32-35(27)23-13-9-6-10-14-23/h5-14,17-18,24-25H,4,15-16H2,1-3H3,(H2,30,31,36)/b33-22+/t24-,25+/m0/s1. The van der Waals surface area contributed by atoms with Crippen LogP contribution in [0, 0.1) is 6.92 Å². The molecule has 2 amide bonds. The number of anilines is 1. The highest BCUT2D eigenvalue weighted by atomic mass is 16.6. The van der Waals surface area contributed by atoms with Crippen molar-refractivity contribution in [3.63, 3.8) is 0 Å². The van der Waals surface area contributed by atoms with Gasteiger partial charge in [-0.2, -0.15) is 10.2 Å². The number of urea groups is 1. The fourth-order valence-electron chi connectivity index (χ4n) is 4.84. The molecule has 0 aliphatic heterocycles. The first-order chi connectivity index (χ1) is 18.0. The Morgan fingerprint density at radius 2 is 1.84 bits per heavy atom. The zero-order valence-corrected chi connectivity index (χ0v) is 21.3. The van der Waals surface area contributed by atoms with E-state index in [0.29, 0.717) is 18.8 Å². The predicted octanol–water partition coefficient (Wildman–Crippen LogP) is 5.04. The van der Waals surface area contributed by atoms with Gasteiger partial charge in [0.2, 0.25) is 0 Å². The van der Waals surface area contributed by atoms with E-state index in [1.54, 1.807) is 15.6 Å². The maximum atomic E-state index is 13.4. The van der Waals surface area contributed by atoms with E-state index in [9.17, 15) is 4.79 Å². The number of amides is 2. The van der Waals surface area contributed by atoms with Crippen LogP contribution in [0.25, 0.3) is 16.9 Å². The largest absolute Gasteiger partial charge is 0.396 e. The average molecular weight is 498 g/mol. The third-order valence-electron chi connectivity index (χ3n) is 6.60. The number of benzene rings is 2. The number of hydrogen-bond acceptors (Lipinski definition) is 5. The van der Waals surface area contributed by atoms with Crippen molar-refractivity contribution in [2.45, 2.75) is 38.6 Å². The van der Waals surface area contributed by atoms with Crippen LogP contribution in [0.2, 0.25) is 0 Å². The Kier molecular flexibility index (Phi) is 7.02. The van der Waals surface area contributed by atoms with Crippen LogP contribution in [-0.2, 0) is 11.9 Å². The first-order valence-electron chi connectivity index (χ1n) is 12.5. The molecule has 0 bridgehead atoms. The Bertz CT molecular complexity index is 1390. The van der Waals surface area contributed by atoms with Crippen LogP contribution in [0.1, 0.15) is 36.8 Å². The lowest BCUT2D eigenvalue weighted by molar-refractivity contribution is 0.158. The van der Waals surface area contributed by atoms with Crippen LogP contribution in [0.5, 0.6) is 0 Å². The summed E-state index contributed by atoms with van der Waals surface area (Å²) in [5.41, 5.74) is 5.47.